The number of aliphatic imine (C=N–C) groups is 1. The van der Waals surface area contributed by atoms with Gasteiger partial charge in [-0.2, -0.15) is 4.99 Å². The molecule has 1 aromatic rings. The van der Waals surface area contributed by atoms with E-state index >= 15 is 0 Å². The molecule has 0 aliphatic heterocycles. The first-order valence-corrected chi connectivity index (χ1v) is 6.32. The molecule has 3 nitrogen and oxygen atoms in total. The third kappa shape index (κ3) is 2.06. The lowest BCUT2D eigenvalue weighted by atomic mass is 9.70. The number of phenolic OH excluding ortho intramolecular Hbond substituents is 1. The normalized spacial score (nSPS) is 17.7. The molecule has 1 fully saturated rings. The van der Waals surface area contributed by atoms with E-state index in [1.54, 1.807) is 12.1 Å². The zero-order valence-electron chi connectivity index (χ0n) is 11.2. The van der Waals surface area contributed by atoms with Crippen LogP contribution in [0, 0.1) is 0 Å². The summed E-state index contributed by atoms with van der Waals surface area (Å²) in [5.74, 6) is 0.224. The van der Waals surface area contributed by atoms with Crippen molar-refractivity contribution in [1.29, 1.82) is 0 Å². The molecule has 0 saturated heterocycles. The summed E-state index contributed by atoms with van der Waals surface area (Å²) in [6, 6.07) is 5.61. The summed E-state index contributed by atoms with van der Waals surface area (Å²) >= 11 is 0. The van der Waals surface area contributed by atoms with Gasteiger partial charge in [0.2, 0.25) is 6.08 Å². The average molecular weight is 245 g/mol. The molecular weight excluding hydrogens is 226 g/mol. The van der Waals surface area contributed by atoms with Gasteiger partial charge in [-0.25, -0.2) is 4.79 Å². The molecule has 0 bridgehead atoms. The van der Waals surface area contributed by atoms with Crippen LogP contribution in [0.25, 0.3) is 0 Å². The Morgan fingerprint density at radius 3 is 2.44 bits per heavy atom. The predicted octanol–water partition coefficient (Wildman–Crippen LogP) is 3.40. The minimum absolute atomic E-state index is 0.0122. The van der Waals surface area contributed by atoms with E-state index in [1.807, 2.05) is 12.1 Å². The Labute approximate surface area is 108 Å². The number of nitrogens with zero attached hydrogens (tertiary/aromatic N) is 1. The van der Waals surface area contributed by atoms with Crippen LogP contribution < -0.4 is 0 Å². The van der Waals surface area contributed by atoms with Gasteiger partial charge < -0.3 is 5.11 Å². The molecule has 0 aromatic heterocycles. The Morgan fingerprint density at radius 2 is 2.00 bits per heavy atom. The Morgan fingerprint density at radius 1 is 1.33 bits per heavy atom. The van der Waals surface area contributed by atoms with Crippen LogP contribution >= 0.6 is 0 Å². The number of carbonyl (C=O) groups excluding carboxylic acids is 1. The fourth-order valence-corrected chi connectivity index (χ4v) is 2.42. The lowest BCUT2D eigenvalue weighted by Gasteiger charge is -2.38. The van der Waals surface area contributed by atoms with E-state index in [-0.39, 0.29) is 11.2 Å². The van der Waals surface area contributed by atoms with Gasteiger partial charge in [-0.3, -0.25) is 0 Å². The fourth-order valence-electron chi connectivity index (χ4n) is 2.42. The minimum atomic E-state index is -0.535. The highest BCUT2D eigenvalue weighted by atomic mass is 16.3. The maximum atomic E-state index is 10.6. The summed E-state index contributed by atoms with van der Waals surface area (Å²) in [7, 11) is 0. The lowest BCUT2D eigenvalue weighted by molar-refractivity contribution is 0.247. The quantitative estimate of drug-likeness (QED) is 0.641. The molecule has 0 atom stereocenters. The summed E-state index contributed by atoms with van der Waals surface area (Å²) in [5.41, 5.74) is 1.39. The molecule has 2 rings (SSSR count). The first-order chi connectivity index (χ1) is 8.39. The van der Waals surface area contributed by atoms with Crippen LogP contribution in [0.4, 0.5) is 0 Å². The number of hydrogen-bond acceptors (Lipinski definition) is 3. The minimum Gasteiger partial charge on any atom is -0.508 e. The van der Waals surface area contributed by atoms with Crippen molar-refractivity contribution in [1.82, 2.24) is 0 Å². The Kier molecular flexibility index (Phi) is 3.04. The third-order valence-corrected chi connectivity index (χ3v) is 3.80. The number of rotatable bonds is 2. The van der Waals surface area contributed by atoms with Crippen molar-refractivity contribution in [2.24, 2.45) is 4.99 Å². The molecule has 1 aliphatic carbocycles. The maximum absolute atomic E-state index is 10.6. The van der Waals surface area contributed by atoms with Crippen molar-refractivity contribution in [3.63, 3.8) is 0 Å². The molecule has 0 unspecified atom stereocenters. The molecule has 1 aromatic carbocycles. The first kappa shape index (κ1) is 12.8. The van der Waals surface area contributed by atoms with E-state index in [0.29, 0.717) is 0 Å². The number of aromatic hydroxyl groups is 1. The number of hydrogen-bond donors (Lipinski definition) is 1. The van der Waals surface area contributed by atoms with Crippen LogP contribution in [0.2, 0.25) is 0 Å². The zero-order valence-corrected chi connectivity index (χ0v) is 11.2. The van der Waals surface area contributed by atoms with Crippen LogP contribution in [-0.2, 0) is 15.7 Å². The average Bonchev–Trinajstić information content (AvgIpc) is 2.23. The SMILES string of the molecule is CC(C)(C)c1ccc(O)c(C2(N=C=O)CCC2)c1. The highest BCUT2D eigenvalue weighted by Gasteiger charge is 2.41. The summed E-state index contributed by atoms with van der Waals surface area (Å²) < 4.78 is 0. The summed E-state index contributed by atoms with van der Waals surface area (Å²) in [6.07, 6.45) is 4.31. The highest BCUT2D eigenvalue weighted by molar-refractivity contribution is 5.47. The van der Waals surface area contributed by atoms with Crippen LogP contribution in [0.5, 0.6) is 5.75 Å². The van der Waals surface area contributed by atoms with Crippen molar-refractivity contribution in [2.75, 3.05) is 0 Å². The van der Waals surface area contributed by atoms with Gasteiger partial charge in [0.05, 0.1) is 0 Å². The lowest BCUT2D eigenvalue weighted by Crippen LogP contribution is -2.32. The number of phenols is 1. The van der Waals surface area contributed by atoms with Crippen molar-refractivity contribution in [3.05, 3.63) is 29.3 Å². The van der Waals surface area contributed by atoms with E-state index in [4.69, 9.17) is 0 Å². The van der Waals surface area contributed by atoms with Gasteiger partial charge in [-0.15, -0.1) is 0 Å². The molecule has 1 saturated carbocycles. The Balaban J connectivity index is 2.53. The third-order valence-electron chi connectivity index (χ3n) is 3.80. The molecule has 3 heteroatoms. The van der Waals surface area contributed by atoms with Crippen molar-refractivity contribution >= 4 is 6.08 Å². The summed E-state index contributed by atoms with van der Waals surface area (Å²) in [5, 5.41) is 10.0. The Hall–Kier alpha value is -1.60. The van der Waals surface area contributed by atoms with Crippen molar-refractivity contribution in [3.8, 4) is 5.75 Å². The smallest absolute Gasteiger partial charge is 0.235 e. The molecule has 1 aliphatic rings. The summed E-state index contributed by atoms with van der Waals surface area (Å²) in [6.45, 7) is 6.37. The molecular formula is C15H19NO2. The number of isocyanates is 1. The fraction of sp³-hybridized carbons (Fsp3) is 0.533. The van der Waals surface area contributed by atoms with Gasteiger partial charge in [0.15, 0.2) is 0 Å². The monoisotopic (exact) mass is 245 g/mol. The van der Waals surface area contributed by atoms with E-state index < -0.39 is 5.54 Å². The number of benzene rings is 1. The van der Waals surface area contributed by atoms with Gasteiger partial charge in [-0.1, -0.05) is 26.8 Å². The van der Waals surface area contributed by atoms with Gasteiger partial charge >= 0.3 is 0 Å². The highest BCUT2D eigenvalue weighted by Crippen LogP contribution is 2.48. The summed E-state index contributed by atoms with van der Waals surface area (Å²) in [4.78, 5) is 14.6. The topological polar surface area (TPSA) is 49.7 Å². The second-order valence-corrected chi connectivity index (χ2v) is 6.07. The molecule has 18 heavy (non-hydrogen) atoms. The van der Waals surface area contributed by atoms with Gasteiger partial charge in [0.1, 0.15) is 11.3 Å². The molecule has 0 heterocycles. The zero-order chi connectivity index (χ0) is 13.4. The molecule has 0 spiro atoms. The molecule has 96 valence electrons. The van der Waals surface area contributed by atoms with E-state index in [1.165, 1.54) is 0 Å². The van der Waals surface area contributed by atoms with Gasteiger partial charge in [0, 0.05) is 5.56 Å². The van der Waals surface area contributed by atoms with Crippen molar-refractivity contribution in [2.45, 2.75) is 51.0 Å². The van der Waals surface area contributed by atoms with Crippen LogP contribution in [0.3, 0.4) is 0 Å². The first-order valence-electron chi connectivity index (χ1n) is 6.32. The van der Waals surface area contributed by atoms with Gasteiger partial charge in [0.25, 0.3) is 0 Å². The largest absolute Gasteiger partial charge is 0.508 e. The van der Waals surface area contributed by atoms with Gasteiger partial charge in [-0.05, 0) is 42.4 Å². The van der Waals surface area contributed by atoms with E-state index in [9.17, 15) is 9.90 Å². The Bertz CT molecular complexity index is 504. The molecule has 1 N–H and O–H groups in total. The molecule has 0 radical (unpaired) electrons. The van der Waals surface area contributed by atoms with E-state index in [0.717, 1.165) is 30.4 Å². The van der Waals surface area contributed by atoms with Crippen LogP contribution in [0.15, 0.2) is 23.2 Å². The van der Waals surface area contributed by atoms with Crippen LogP contribution in [0.1, 0.15) is 51.2 Å². The van der Waals surface area contributed by atoms with Crippen molar-refractivity contribution < 1.29 is 9.90 Å². The second kappa shape index (κ2) is 4.25. The van der Waals surface area contributed by atoms with Crippen LogP contribution in [-0.4, -0.2) is 11.2 Å². The standard InChI is InChI=1S/C15H19NO2/c1-14(2,3)11-5-6-13(18)12(9-11)15(16-10-17)7-4-8-15/h5-6,9,18H,4,7-8H2,1-3H3. The maximum Gasteiger partial charge on any atom is 0.235 e. The predicted molar refractivity (Wildman–Crippen MR) is 70.5 cm³/mol. The van der Waals surface area contributed by atoms with E-state index in [2.05, 4.69) is 25.8 Å². The second-order valence-electron chi connectivity index (χ2n) is 6.07. The molecule has 0 amide bonds.